The minimum absolute atomic E-state index is 0.127. The molecule has 5 nitrogen and oxygen atoms in total. The Bertz CT molecular complexity index is 677. The molecule has 0 radical (unpaired) electrons. The predicted molar refractivity (Wildman–Crippen MR) is 74.2 cm³/mol. The van der Waals surface area contributed by atoms with Gasteiger partial charge in [-0.05, 0) is 17.5 Å². The molecule has 0 saturated carbocycles. The maximum atomic E-state index is 12.4. The highest BCUT2D eigenvalue weighted by Crippen LogP contribution is 2.49. The van der Waals surface area contributed by atoms with E-state index in [-0.39, 0.29) is 30.2 Å². The number of benzene rings is 1. The van der Waals surface area contributed by atoms with Crippen molar-refractivity contribution in [3.05, 3.63) is 47.0 Å². The number of likely N-dealkylation sites (tertiary alicyclic amines) is 1. The Kier molecular flexibility index (Phi) is 3.12. The lowest BCUT2D eigenvalue weighted by atomic mass is 9.95. The number of nitrogens with zero attached hydrogens (tertiary/aromatic N) is 1. The maximum Gasteiger partial charge on any atom is 0.307 e. The number of carboxylic acid groups (broad SMARTS) is 1. The van der Waals surface area contributed by atoms with E-state index in [1.807, 2.05) is 24.3 Å². The molecule has 1 aliphatic heterocycles. The molecule has 1 aromatic carbocycles. The maximum absolute atomic E-state index is 12.4. The van der Waals surface area contributed by atoms with Crippen molar-refractivity contribution in [3.8, 4) is 0 Å². The van der Waals surface area contributed by atoms with Crippen molar-refractivity contribution in [2.45, 2.75) is 25.8 Å². The van der Waals surface area contributed by atoms with Gasteiger partial charge in [0, 0.05) is 18.4 Å². The number of carbonyl (C=O) groups is 3. The summed E-state index contributed by atoms with van der Waals surface area (Å²) in [6, 6.07) is 7.46. The number of fused-ring (bicyclic) bond motifs is 3. The number of carbonyl (C=O) groups excluding carboxylic acids is 2. The van der Waals surface area contributed by atoms with Crippen LogP contribution in [-0.2, 0) is 20.8 Å². The molecular formula is C16H15NO4. The Morgan fingerprint density at radius 2 is 2.10 bits per heavy atom. The molecule has 1 heterocycles. The predicted octanol–water partition coefficient (Wildman–Crippen LogP) is 1.69. The fourth-order valence-electron chi connectivity index (χ4n) is 3.37. The van der Waals surface area contributed by atoms with E-state index in [2.05, 4.69) is 0 Å². The van der Waals surface area contributed by atoms with Crippen LogP contribution in [-0.4, -0.2) is 27.8 Å². The number of aliphatic carboxylic acids is 1. The average molecular weight is 285 g/mol. The van der Waals surface area contributed by atoms with Crippen molar-refractivity contribution >= 4 is 17.8 Å². The van der Waals surface area contributed by atoms with Gasteiger partial charge in [-0.2, -0.15) is 0 Å². The van der Waals surface area contributed by atoms with E-state index in [0.717, 1.165) is 11.1 Å². The van der Waals surface area contributed by atoms with Gasteiger partial charge in [-0.15, -0.1) is 0 Å². The highest BCUT2D eigenvalue weighted by Gasteiger charge is 2.50. The molecule has 2 atom stereocenters. The highest BCUT2D eigenvalue weighted by molar-refractivity contribution is 6.07. The van der Waals surface area contributed by atoms with Crippen molar-refractivity contribution in [1.82, 2.24) is 4.90 Å². The lowest BCUT2D eigenvalue weighted by Crippen LogP contribution is -2.32. The van der Waals surface area contributed by atoms with Crippen molar-refractivity contribution in [2.75, 3.05) is 0 Å². The molecule has 1 aromatic rings. The summed E-state index contributed by atoms with van der Waals surface area (Å²) in [5.74, 6) is -1.76. The van der Waals surface area contributed by atoms with Crippen molar-refractivity contribution in [2.24, 2.45) is 5.92 Å². The SMILES string of the molecule is CC(=O)N1C(=O)/C(=C/CC(=O)O)C2Cc3ccccc3C21. The summed E-state index contributed by atoms with van der Waals surface area (Å²) in [4.78, 5) is 36.3. The molecule has 0 bridgehead atoms. The van der Waals surface area contributed by atoms with Gasteiger partial charge >= 0.3 is 5.97 Å². The normalized spacial score (nSPS) is 25.1. The van der Waals surface area contributed by atoms with Crippen LogP contribution in [0.2, 0.25) is 0 Å². The third kappa shape index (κ3) is 2.05. The molecule has 21 heavy (non-hydrogen) atoms. The van der Waals surface area contributed by atoms with Crippen molar-refractivity contribution in [3.63, 3.8) is 0 Å². The van der Waals surface area contributed by atoms with E-state index in [1.165, 1.54) is 17.9 Å². The monoisotopic (exact) mass is 285 g/mol. The van der Waals surface area contributed by atoms with E-state index in [1.54, 1.807) is 0 Å². The van der Waals surface area contributed by atoms with Gasteiger partial charge in [0.25, 0.3) is 5.91 Å². The standard InChI is InChI=1S/C16H15NO4/c1-9(18)17-15-11-5-3-2-4-10(11)8-13(15)12(16(17)21)6-7-14(19)20/h2-6,13,15H,7-8H2,1H3,(H,19,20)/b12-6+. The summed E-state index contributed by atoms with van der Waals surface area (Å²) in [6.45, 7) is 1.37. The summed E-state index contributed by atoms with van der Waals surface area (Å²) in [5, 5.41) is 8.81. The Hall–Kier alpha value is -2.43. The molecule has 1 aliphatic carbocycles. The van der Waals surface area contributed by atoms with E-state index in [0.29, 0.717) is 12.0 Å². The van der Waals surface area contributed by atoms with Crippen LogP contribution in [0, 0.1) is 5.92 Å². The third-order valence-electron chi connectivity index (χ3n) is 4.17. The van der Waals surface area contributed by atoms with Crippen LogP contribution in [0.5, 0.6) is 0 Å². The highest BCUT2D eigenvalue weighted by atomic mass is 16.4. The zero-order chi connectivity index (χ0) is 15.1. The van der Waals surface area contributed by atoms with Gasteiger partial charge < -0.3 is 5.11 Å². The zero-order valence-electron chi connectivity index (χ0n) is 11.6. The molecule has 5 heteroatoms. The van der Waals surface area contributed by atoms with Crippen molar-refractivity contribution < 1.29 is 19.5 Å². The minimum Gasteiger partial charge on any atom is -0.481 e. The molecule has 2 unspecified atom stereocenters. The molecule has 0 spiro atoms. The number of hydrogen-bond donors (Lipinski definition) is 1. The second-order valence-corrected chi connectivity index (χ2v) is 5.41. The van der Waals surface area contributed by atoms with Crippen LogP contribution in [0.4, 0.5) is 0 Å². The molecule has 2 amide bonds. The Morgan fingerprint density at radius 3 is 2.76 bits per heavy atom. The first kappa shape index (κ1) is 13.5. The van der Waals surface area contributed by atoms with Crippen molar-refractivity contribution in [1.29, 1.82) is 0 Å². The van der Waals surface area contributed by atoms with E-state index < -0.39 is 5.97 Å². The van der Waals surface area contributed by atoms with Crippen LogP contribution >= 0.6 is 0 Å². The second-order valence-electron chi connectivity index (χ2n) is 5.41. The van der Waals surface area contributed by atoms with Gasteiger partial charge in [0.05, 0.1) is 12.5 Å². The summed E-state index contributed by atoms with van der Waals surface area (Å²) in [7, 11) is 0. The lowest BCUT2D eigenvalue weighted by Gasteiger charge is -2.21. The Labute approximate surface area is 121 Å². The molecular weight excluding hydrogens is 270 g/mol. The summed E-state index contributed by atoms with van der Waals surface area (Å²) in [6.07, 6.45) is 1.92. The number of imide groups is 1. The second kappa shape index (κ2) is 4.84. The van der Waals surface area contributed by atoms with Crippen LogP contribution in [0.15, 0.2) is 35.9 Å². The smallest absolute Gasteiger partial charge is 0.307 e. The molecule has 0 aromatic heterocycles. The summed E-state index contributed by atoms with van der Waals surface area (Å²) >= 11 is 0. The fraction of sp³-hybridized carbons (Fsp3) is 0.312. The third-order valence-corrected chi connectivity index (χ3v) is 4.17. The van der Waals surface area contributed by atoms with Crippen LogP contribution < -0.4 is 0 Å². The quantitative estimate of drug-likeness (QED) is 0.839. The van der Waals surface area contributed by atoms with E-state index in [9.17, 15) is 14.4 Å². The first-order valence-corrected chi connectivity index (χ1v) is 6.84. The van der Waals surface area contributed by atoms with Gasteiger partial charge in [0.15, 0.2) is 0 Å². The first-order chi connectivity index (χ1) is 10.0. The van der Waals surface area contributed by atoms with Gasteiger partial charge in [-0.25, -0.2) is 0 Å². The van der Waals surface area contributed by atoms with Gasteiger partial charge in [-0.1, -0.05) is 30.3 Å². The molecule has 2 aliphatic rings. The van der Waals surface area contributed by atoms with Crippen LogP contribution in [0.25, 0.3) is 0 Å². The summed E-state index contributed by atoms with van der Waals surface area (Å²) in [5.41, 5.74) is 2.56. The number of hydrogen-bond acceptors (Lipinski definition) is 3. The zero-order valence-corrected chi connectivity index (χ0v) is 11.6. The molecule has 1 N–H and O–H groups in total. The fourth-order valence-corrected chi connectivity index (χ4v) is 3.37. The van der Waals surface area contributed by atoms with Gasteiger partial charge in [-0.3, -0.25) is 19.3 Å². The first-order valence-electron chi connectivity index (χ1n) is 6.84. The molecule has 1 saturated heterocycles. The minimum atomic E-state index is -0.983. The topological polar surface area (TPSA) is 74.7 Å². The molecule has 108 valence electrons. The largest absolute Gasteiger partial charge is 0.481 e. The average Bonchev–Trinajstić information content (AvgIpc) is 2.90. The molecule has 1 fully saturated rings. The van der Waals surface area contributed by atoms with Crippen LogP contribution in [0.3, 0.4) is 0 Å². The van der Waals surface area contributed by atoms with E-state index >= 15 is 0 Å². The Balaban J connectivity index is 2.06. The number of carboxylic acids is 1. The van der Waals surface area contributed by atoms with E-state index in [4.69, 9.17) is 5.11 Å². The summed E-state index contributed by atoms with van der Waals surface area (Å²) < 4.78 is 0. The Morgan fingerprint density at radius 1 is 1.38 bits per heavy atom. The van der Waals surface area contributed by atoms with Gasteiger partial charge in [0.2, 0.25) is 5.91 Å². The number of rotatable bonds is 2. The van der Waals surface area contributed by atoms with Gasteiger partial charge in [0.1, 0.15) is 0 Å². The number of amides is 2. The van der Waals surface area contributed by atoms with Crippen LogP contribution in [0.1, 0.15) is 30.5 Å². The molecule has 3 rings (SSSR count). The lowest BCUT2D eigenvalue weighted by molar-refractivity contribution is -0.141.